The Bertz CT molecular complexity index is 849. The fraction of sp³-hybridized carbons (Fsp3) is 0.526. The molecule has 2 rings (SSSR count). The number of hydrogen-bond donors (Lipinski definition) is 1. The monoisotopic (exact) mass is 409 g/mol. The van der Waals surface area contributed by atoms with E-state index in [4.69, 9.17) is 0 Å². The highest BCUT2D eigenvalue weighted by atomic mass is 32.2. The van der Waals surface area contributed by atoms with Gasteiger partial charge in [-0.2, -0.15) is 0 Å². The molecule has 1 unspecified atom stereocenters. The molecule has 0 radical (unpaired) electrons. The van der Waals surface area contributed by atoms with Crippen LogP contribution in [0.1, 0.15) is 45.6 Å². The van der Waals surface area contributed by atoms with Gasteiger partial charge in [0.15, 0.2) is 0 Å². The highest BCUT2D eigenvalue weighted by Gasteiger charge is 2.41. The summed E-state index contributed by atoms with van der Waals surface area (Å²) >= 11 is 0. The van der Waals surface area contributed by atoms with E-state index >= 15 is 0 Å². The SMILES string of the molecule is CCC(C)(C)C(=O)C(=O)N1CCCC1N(C=O)NS(=O)(=O)c1ccc(C)cc1. The van der Waals surface area contributed by atoms with Gasteiger partial charge in [-0.25, -0.2) is 13.4 Å². The van der Waals surface area contributed by atoms with Crippen molar-refractivity contribution in [2.75, 3.05) is 6.54 Å². The first kappa shape index (κ1) is 22.0. The lowest BCUT2D eigenvalue weighted by Crippen LogP contribution is -2.56. The minimum absolute atomic E-state index is 0.00372. The minimum Gasteiger partial charge on any atom is -0.314 e. The highest BCUT2D eigenvalue weighted by molar-refractivity contribution is 7.89. The van der Waals surface area contributed by atoms with Crippen LogP contribution >= 0.6 is 0 Å². The van der Waals surface area contributed by atoms with Crippen LogP contribution in [-0.4, -0.2) is 49.1 Å². The van der Waals surface area contributed by atoms with Crippen molar-refractivity contribution in [3.05, 3.63) is 29.8 Å². The van der Waals surface area contributed by atoms with Crippen molar-refractivity contribution in [1.29, 1.82) is 0 Å². The molecule has 2 amide bonds. The molecule has 1 aliphatic rings. The van der Waals surface area contributed by atoms with Crippen molar-refractivity contribution in [3.8, 4) is 0 Å². The summed E-state index contributed by atoms with van der Waals surface area (Å²) in [6.07, 6.45) is 0.917. The molecule has 1 aliphatic heterocycles. The quantitative estimate of drug-likeness (QED) is 0.399. The van der Waals surface area contributed by atoms with Crippen LogP contribution in [0.2, 0.25) is 0 Å². The first-order valence-corrected chi connectivity index (χ1v) is 10.7. The average molecular weight is 410 g/mol. The second-order valence-electron chi connectivity index (χ2n) is 7.61. The molecule has 154 valence electrons. The Labute approximate surface area is 165 Å². The number of Topliss-reactive ketones (excluding diaryl/α,β-unsaturated/α-hetero) is 1. The predicted octanol–water partition coefficient (Wildman–Crippen LogP) is 1.60. The molecule has 9 heteroatoms. The molecule has 0 saturated carbocycles. The maximum Gasteiger partial charge on any atom is 0.292 e. The number of benzene rings is 1. The van der Waals surface area contributed by atoms with Crippen molar-refractivity contribution in [2.45, 2.75) is 58.0 Å². The van der Waals surface area contributed by atoms with Crippen LogP contribution < -0.4 is 4.83 Å². The van der Waals surface area contributed by atoms with E-state index in [0.29, 0.717) is 25.7 Å². The standard InChI is InChI=1S/C19H27N3O5S/c1-5-19(3,4)17(24)18(25)21-12-6-7-16(21)22(13-23)20-28(26,27)15-10-8-14(2)9-11-15/h8-11,13,16,20H,5-7,12H2,1-4H3. The van der Waals surface area contributed by atoms with E-state index in [1.54, 1.807) is 26.0 Å². The van der Waals surface area contributed by atoms with Gasteiger partial charge in [-0.15, -0.1) is 4.83 Å². The second-order valence-corrected chi connectivity index (χ2v) is 9.27. The number of hydrogen-bond acceptors (Lipinski definition) is 5. The van der Waals surface area contributed by atoms with Gasteiger partial charge in [0.25, 0.3) is 15.9 Å². The van der Waals surface area contributed by atoms with Crippen molar-refractivity contribution in [2.24, 2.45) is 5.41 Å². The number of ketones is 1. The van der Waals surface area contributed by atoms with Crippen LogP contribution in [-0.2, 0) is 24.4 Å². The topological polar surface area (TPSA) is 104 Å². The number of likely N-dealkylation sites (tertiary alicyclic amines) is 1. The molecule has 0 aromatic heterocycles. The Morgan fingerprint density at radius 1 is 1.29 bits per heavy atom. The summed E-state index contributed by atoms with van der Waals surface area (Å²) in [7, 11) is -4.01. The third-order valence-corrected chi connectivity index (χ3v) is 6.51. The van der Waals surface area contributed by atoms with Crippen LogP contribution in [0.3, 0.4) is 0 Å². The number of nitrogens with zero attached hydrogens (tertiary/aromatic N) is 2. The van der Waals surface area contributed by atoms with Crippen LogP contribution in [0.5, 0.6) is 0 Å². The van der Waals surface area contributed by atoms with Gasteiger partial charge in [0.05, 0.1) is 4.90 Å². The van der Waals surface area contributed by atoms with Gasteiger partial charge < -0.3 is 4.90 Å². The first-order valence-electron chi connectivity index (χ1n) is 9.21. The second kappa shape index (κ2) is 8.40. The lowest BCUT2D eigenvalue weighted by Gasteiger charge is -2.33. The lowest BCUT2D eigenvalue weighted by molar-refractivity contribution is -0.153. The van der Waals surface area contributed by atoms with Gasteiger partial charge in [-0.3, -0.25) is 14.4 Å². The number of rotatable bonds is 8. The summed E-state index contributed by atoms with van der Waals surface area (Å²) in [6.45, 7) is 7.32. The maximum absolute atomic E-state index is 12.7. The fourth-order valence-electron chi connectivity index (χ4n) is 2.92. The number of aryl methyl sites for hydroxylation is 1. The third-order valence-electron chi connectivity index (χ3n) is 5.17. The summed E-state index contributed by atoms with van der Waals surface area (Å²) in [5.74, 6) is -1.25. The zero-order valence-corrected chi connectivity index (χ0v) is 17.5. The van der Waals surface area contributed by atoms with E-state index < -0.39 is 33.3 Å². The zero-order valence-electron chi connectivity index (χ0n) is 16.6. The van der Waals surface area contributed by atoms with Crippen LogP contribution in [0.15, 0.2) is 29.2 Å². The van der Waals surface area contributed by atoms with Crippen molar-refractivity contribution < 1.29 is 22.8 Å². The molecular weight excluding hydrogens is 382 g/mol. The van der Waals surface area contributed by atoms with E-state index in [1.807, 2.05) is 13.8 Å². The number of sulfonamides is 1. The summed E-state index contributed by atoms with van der Waals surface area (Å²) in [5.41, 5.74) is 0.0771. The lowest BCUT2D eigenvalue weighted by atomic mass is 9.84. The number of carbonyl (C=O) groups is 3. The van der Waals surface area contributed by atoms with E-state index in [-0.39, 0.29) is 11.4 Å². The molecule has 0 spiro atoms. The van der Waals surface area contributed by atoms with Crippen LogP contribution in [0.25, 0.3) is 0 Å². The molecular formula is C19H27N3O5S. The predicted molar refractivity (Wildman–Crippen MR) is 103 cm³/mol. The first-order chi connectivity index (χ1) is 13.0. The maximum atomic E-state index is 12.7. The molecule has 1 saturated heterocycles. The van der Waals surface area contributed by atoms with E-state index in [2.05, 4.69) is 4.83 Å². The Hall–Kier alpha value is -2.26. The van der Waals surface area contributed by atoms with E-state index in [0.717, 1.165) is 10.6 Å². The molecule has 8 nitrogen and oxygen atoms in total. The summed E-state index contributed by atoms with van der Waals surface area (Å²) in [5, 5.41) is 0.853. The van der Waals surface area contributed by atoms with Crippen molar-refractivity contribution in [3.63, 3.8) is 0 Å². The van der Waals surface area contributed by atoms with Gasteiger partial charge in [-0.1, -0.05) is 38.5 Å². The Morgan fingerprint density at radius 2 is 1.89 bits per heavy atom. The Kier molecular flexibility index (Phi) is 6.61. The summed E-state index contributed by atoms with van der Waals surface area (Å²) in [6, 6.07) is 6.17. The molecule has 0 aliphatic carbocycles. The largest absolute Gasteiger partial charge is 0.314 e. The van der Waals surface area contributed by atoms with E-state index in [9.17, 15) is 22.8 Å². The molecule has 28 heavy (non-hydrogen) atoms. The Balaban J connectivity index is 2.23. The van der Waals surface area contributed by atoms with Gasteiger partial charge in [0.1, 0.15) is 6.17 Å². The molecule has 1 fully saturated rings. The smallest absolute Gasteiger partial charge is 0.292 e. The number of amides is 2. The van der Waals surface area contributed by atoms with Crippen molar-refractivity contribution >= 4 is 28.1 Å². The van der Waals surface area contributed by atoms with Crippen LogP contribution in [0, 0.1) is 12.3 Å². The highest BCUT2D eigenvalue weighted by Crippen LogP contribution is 2.26. The van der Waals surface area contributed by atoms with Gasteiger partial charge >= 0.3 is 0 Å². The summed E-state index contributed by atoms with van der Waals surface area (Å²) in [4.78, 5) is 40.4. The molecule has 1 heterocycles. The Morgan fingerprint density at radius 3 is 2.43 bits per heavy atom. The van der Waals surface area contributed by atoms with Gasteiger partial charge in [-0.05, 0) is 38.3 Å². The molecule has 1 atom stereocenters. The molecule has 1 N–H and O–H groups in total. The fourth-order valence-corrected chi connectivity index (χ4v) is 3.96. The van der Waals surface area contributed by atoms with Crippen LogP contribution in [0.4, 0.5) is 0 Å². The van der Waals surface area contributed by atoms with Crippen molar-refractivity contribution in [1.82, 2.24) is 14.7 Å². The number of hydrazine groups is 1. The molecule has 1 aromatic rings. The minimum atomic E-state index is -4.01. The normalized spacial score (nSPS) is 17.4. The number of nitrogens with one attached hydrogen (secondary N) is 1. The zero-order chi connectivity index (χ0) is 21.1. The van der Waals surface area contributed by atoms with E-state index in [1.165, 1.54) is 17.0 Å². The molecule has 0 bridgehead atoms. The van der Waals surface area contributed by atoms with Gasteiger partial charge in [0.2, 0.25) is 12.2 Å². The number of carbonyl (C=O) groups excluding carboxylic acids is 3. The average Bonchev–Trinajstić information content (AvgIpc) is 3.14. The summed E-state index contributed by atoms with van der Waals surface area (Å²) < 4.78 is 25.2. The van der Waals surface area contributed by atoms with Gasteiger partial charge in [0, 0.05) is 12.0 Å². The molecule has 1 aromatic carbocycles. The third kappa shape index (κ3) is 4.59.